The van der Waals surface area contributed by atoms with E-state index in [1.165, 1.54) is 12.3 Å². The number of pyridine rings is 1. The van der Waals surface area contributed by atoms with Crippen molar-refractivity contribution in [3.05, 3.63) is 29.6 Å². The van der Waals surface area contributed by atoms with E-state index in [0.29, 0.717) is 19.5 Å². The largest absolute Gasteiger partial charge is 0.478 e. The summed E-state index contributed by atoms with van der Waals surface area (Å²) in [6, 6.07) is 3.31. The first-order chi connectivity index (χ1) is 10.6. The molecule has 1 saturated heterocycles. The van der Waals surface area contributed by atoms with Crippen molar-refractivity contribution >= 4 is 11.9 Å². The van der Waals surface area contributed by atoms with Gasteiger partial charge in [0.25, 0.3) is 0 Å². The number of aromatic carboxylic acids is 1. The van der Waals surface area contributed by atoms with Gasteiger partial charge in [-0.1, -0.05) is 6.42 Å². The maximum absolute atomic E-state index is 11.8. The molecule has 2 heterocycles. The van der Waals surface area contributed by atoms with Gasteiger partial charge >= 0.3 is 5.97 Å². The fourth-order valence-electron chi connectivity index (χ4n) is 2.89. The summed E-state index contributed by atoms with van der Waals surface area (Å²) in [5, 5.41) is 11.9. The number of carbonyl (C=O) groups is 2. The van der Waals surface area contributed by atoms with Gasteiger partial charge in [-0.15, -0.1) is 0 Å². The zero-order valence-corrected chi connectivity index (χ0v) is 12.9. The average molecular weight is 305 g/mol. The Morgan fingerprint density at radius 1 is 1.45 bits per heavy atom. The van der Waals surface area contributed by atoms with Crippen LogP contribution >= 0.6 is 0 Å². The zero-order valence-electron chi connectivity index (χ0n) is 12.9. The minimum Gasteiger partial charge on any atom is -0.478 e. The van der Waals surface area contributed by atoms with Gasteiger partial charge < -0.3 is 10.4 Å². The molecule has 6 nitrogen and oxygen atoms in total. The first-order valence-electron chi connectivity index (χ1n) is 7.79. The van der Waals surface area contributed by atoms with Gasteiger partial charge in [-0.3, -0.25) is 14.7 Å². The van der Waals surface area contributed by atoms with Crippen molar-refractivity contribution in [2.75, 3.05) is 13.1 Å². The molecule has 22 heavy (non-hydrogen) atoms. The quantitative estimate of drug-likeness (QED) is 0.835. The second-order valence-electron chi connectivity index (χ2n) is 5.62. The Hall–Kier alpha value is -1.95. The summed E-state index contributed by atoms with van der Waals surface area (Å²) >= 11 is 0. The van der Waals surface area contributed by atoms with Crippen LogP contribution in [-0.4, -0.2) is 46.0 Å². The lowest BCUT2D eigenvalue weighted by Crippen LogP contribution is -2.42. The van der Waals surface area contributed by atoms with Crippen molar-refractivity contribution in [3.8, 4) is 0 Å². The molecule has 0 bridgehead atoms. The van der Waals surface area contributed by atoms with Crippen LogP contribution in [0.4, 0.5) is 0 Å². The Bertz CT molecular complexity index is 533. The van der Waals surface area contributed by atoms with Gasteiger partial charge in [0.1, 0.15) is 0 Å². The highest BCUT2D eigenvalue weighted by Crippen LogP contribution is 2.21. The highest BCUT2D eigenvalue weighted by atomic mass is 16.4. The van der Waals surface area contributed by atoms with Crippen molar-refractivity contribution in [1.29, 1.82) is 0 Å². The predicted molar refractivity (Wildman–Crippen MR) is 82.5 cm³/mol. The predicted octanol–water partition coefficient (Wildman–Crippen LogP) is 1.66. The number of likely N-dealkylation sites (tertiary alicyclic amines) is 1. The lowest BCUT2D eigenvalue weighted by Gasteiger charge is -2.35. The first kappa shape index (κ1) is 16.4. The fraction of sp³-hybridized carbons (Fsp3) is 0.562. The Balaban J connectivity index is 2.03. The number of nitrogens with zero attached hydrogens (tertiary/aromatic N) is 2. The number of carboxylic acid groups (broad SMARTS) is 1. The van der Waals surface area contributed by atoms with Crippen LogP contribution in [0.25, 0.3) is 0 Å². The molecule has 0 saturated carbocycles. The third-order valence-corrected chi connectivity index (χ3v) is 3.97. The maximum atomic E-state index is 11.8. The topological polar surface area (TPSA) is 82.5 Å². The van der Waals surface area contributed by atoms with Gasteiger partial charge in [-0.25, -0.2) is 4.79 Å². The van der Waals surface area contributed by atoms with Crippen LogP contribution in [0.1, 0.15) is 48.7 Å². The van der Waals surface area contributed by atoms with Crippen molar-refractivity contribution in [1.82, 2.24) is 15.2 Å². The summed E-state index contributed by atoms with van der Waals surface area (Å²) in [7, 11) is 0. The summed E-state index contributed by atoms with van der Waals surface area (Å²) in [6.45, 7) is 4.07. The smallest absolute Gasteiger partial charge is 0.335 e. The summed E-state index contributed by atoms with van der Waals surface area (Å²) < 4.78 is 0. The Labute approximate surface area is 130 Å². The van der Waals surface area contributed by atoms with Gasteiger partial charge in [0.05, 0.1) is 11.3 Å². The lowest BCUT2D eigenvalue weighted by molar-refractivity contribution is -0.122. The average Bonchev–Trinajstić information content (AvgIpc) is 2.50. The molecule has 1 aliphatic rings. The van der Waals surface area contributed by atoms with Crippen LogP contribution in [0.3, 0.4) is 0 Å². The number of nitrogens with one attached hydrogen (secondary N) is 1. The second-order valence-corrected chi connectivity index (χ2v) is 5.62. The number of rotatable bonds is 6. The van der Waals surface area contributed by atoms with Gasteiger partial charge in [-0.05, 0) is 38.4 Å². The van der Waals surface area contributed by atoms with E-state index in [0.717, 1.165) is 31.5 Å². The Morgan fingerprint density at radius 3 is 3.00 bits per heavy atom. The SMILES string of the molecule is CCNC(=O)C[C@@H]1CCCCN1Cc1cc(C(=O)O)ccn1. The van der Waals surface area contributed by atoms with Gasteiger partial charge in [-0.2, -0.15) is 0 Å². The van der Waals surface area contributed by atoms with Crippen molar-refractivity contribution < 1.29 is 14.7 Å². The number of hydrogen-bond acceptors (Lipinski definition) is 4. The van der Waals surface area contributed by atoms with Crippen molar-refractivity contribution in [2.24, 2.45) is 0 Å². The molecule has 2 rings (SSSR count). The molecule has 0 radical (unpaired) electrons. The molecule has 6 heteroatoms. The number of amides is 1. The first-order valence-corrected chi connectivity index (χ1v) is 7.79. The number of piperidine rings is 1. The van der Waals surface area contributed by atoms with E-state index in [2.05, 4.69) is 15.2 Å². The van der Waals surface area contributed by atoms with Crippen LogP contribution in [0.15, 0.2) is 18.3 Å². The number of carboxylic acids is 1. The van der Waals surface area contributed by atoms with E-state index in [-0.39, 0.29) is 17.5 Å². The summed E-state index contributed by atoms with van der Waals surface area (Å²) in [5.41, 5.74) is 0.991. The lowest BCUT2D eigenvalue weighted by atomic mass is 9.98. The minimum absolute atomic E-state index is 0.0756. The maximum Gasteiger partial charge on any atom is 0.335 e. The molecule has 0 unspecified atom stereocenters. The van der Waals surface area contributed by atoms with Gasteiger partial charge in [0.2, 0.25) is 5.91 Å². The van der Waals surface area contributed by atoms with E-state index in [1.807, 2.05) is 6.92 Å². The number of aromatic nitrogens is 1. The van der Waals surface area contributed by atoms with Crippen LogP contribution in [0, 0.1) is 0 Å². The highest BCUT2D eigenvalue weighted by Gasteiger charge is 2.25. The Kier molecular flexibility index (Phi) is 5.89. The van der Waals surface area contributed by atoms with Crippen molar-refractivity contribution in [2.45, 2.75) is 45.2 Å². The van der Waals surface area contributed by atoms with Crippen LogP contribution in [-0.2, 0) is 11.3 Å². The molecule has 2 N–H and O–H groups in total. The molecular formula is C16H23N3O3. The van der Waals surface area contributed by atoms with E-state index in [1.54, 1.807) is 6.07 Å². The third-order valence-electron chi connectivity index (χ3n) is 3.97. The van der Waals surface area contributed by atoms with Gasteiger partial charge in [0, 0.05) is 31.7 Å². The van der Waals surface area contributed by atoms with E-state index in [4.69, 9.17) is 5.11 Å². The molecule has 0 aliphatic carbocycles. The Morgan fingerprint density at radius 2 is 2.27 bits per heavy atom. The summed E-state index contributed by atoms with van der Waals surface area (Å²) in [4.78, 5) is 29.4. The molecule has 0 aromatic carbocycles. The van der Waals surface area contributed by atoms with Crippen LogP contribution in [0.5, 0.6) is 0 Å². The molecule has 1 fully saturated rings. The standard InChI is InChI=1S/C16H23N3O3/c1-2-17-15(20)10-14-5-3-4-8-19(14)11-13-9-12(16(21)22)6-7-18-13/h6-7,9,14H,2-5,8,10-11H2,1H3,(H,17,20)(H,21,22)/t14-/m0/s1. The monoisotopic (exact) mass is 305 g/mol. The fourth-order valence-corrected chi connectivity index (χ4v) is 2.89. The molecule has 120 valence electrons. The van der Waals surface area contributed by atoms with Gasteiger partial charge in [0.15, 0.2) is 0 Å². The molecule has 1 aliphatic heterocycles. The van der Waals surface area contributed by atoms with E-state index >= 15 is 0 Å². The summed E-state index contributed by atoms with van der Waals surface area (Å²) in [6.07, 6.45) is 5.25. The normalized spacial score (nSPS) is 18.9. The zero-order chi connectivity index (χ0) is 15.9. The third kappa shape index (κ3) is 4.53. The molecule has 1 amide bonds. The summed E-state index contributed by atoms with van der Waals surface area (Å²) in [5.74, 6) is -0.868. The highest BCUT2D eigenvalue weighted by molar-refractivity contribution is 5.87. The molecular weight excluding hydrogens is 282 g/mol. The molecule has 1 atom stereocenters. The van der Waals surface area contributed by atoms with Crippen molar-refractivity contribution in [3.63, 3.8) is 0 Å². The van der Waals surface area contributed by atoms with E-state index in [9.17, 15) is 9.59 Å². The number of hydrogen-bond donors (Lipinski definition) is 2. The van der Waals surface area contributed by atoms with Crippen LogP contribution < -0.4 is 5.32 Å². The minimum atomic E-state index is -0.943. The second kappa shape index (κ2) is 7.89. The molecule has 0 spiro atoms. The molecule has 1 aromatic rings. The number of carbonyl (C=O) groups excluding carboxylic acids is 1. The van der Waals surface area contributed by atoms with Crippen LogP contribution in [0.2, 0.25) is 0 Å². The van der Waals surface area contributed by atoms with E-state index < -0.39 is 5.97 Å². The molecule has 1 aromatic heterocycles.